The first-order valence-electron chi connectivity index (χ1n) is 11.9. The van der Waals surface area contributed by atoms with Crippen molar-refractivity contribution in [1.82, 2.24) is 9.62 Å². The van der Waals surface area contributed by atoms with Crippen molar-refractivity contribution >= 4 is 41.1 Å². The quantitative estimate of drug-likeness (QED) is 0.350. The zero-order chi connectivity index (χ0) is 24.2. The van der Waals surface area contributed by atoms with Crippen LogP contribution in [0.3, 0.4) is 0 Å². The number of halogens is 3. The topological polar surface area (TPSA) is 41.6 Å². The summed E-state index contributed by atoms with van der Waals surface area (Å²) in [5, 5.41) is 1.31. The fourth-order valence-electron chi connectivity index (χ4n) is 4.52. The van der Waals surface area contributed by atoms with Crippen molar-refractivity contribution in [2.75, 3.05) is 25.4 Å². The summed E-state index contributed by atoms with van der Waals surface area (Å²) >= 11 is 13.6. The third kappa shape index (κ3) is 6.39. The lowest BCUT2D eigenvalue weighted by molar-refractivity contribution is 0.0980. The molecule has 1 saturated heterocycles. The minimum absolute atomic E-state index is 0.0959. The van der Waals surface area contributed by atoms with E-state index in [2.05, 4.69) is 16.5 Å². The zero-order valence-electron chi connectivity index (χ0n) is 19.6. The van der Waals surface area contributed by atoms with Crippen molar-refractivity contribution in [1.29, 1.82) is 0 Å². The maximum Gasteiger partial charge on any atom is 0.264 e. The third-order valence-electron chi connectivity index (χ3n) is 6.71. The number of hydrogen-bond donors (Lipinski definition) is 1. The van der Waals surface area contributed by atoms with Crippen LogP contribution in [0.4, 0.5) is 4.39 Å². The molecule has 0 bridgehead atoms. The van der Waals surface area contributed by atoms with Crippen molar-refractivity contribution in [3.63, 3.8) is 0 Å². The van der Waals surface area contributed by atoms with Crippen molar-refractivity contribution in [2.45, 2.75) is 51.5 Å². The van der Waals surface area contributed by atoms with Crippen molar-refractivity contribution in [2.24, 2.45) is 5.92 Å². The Morgan fingerprint density at radius 3 is 2.44 bits per heavy atom. The Morgan fingerprint density at radius 1 is 1.15 bits per heavy atom. The van der Waals surface area contributed by atoms with Gasteiger partial charge in [0, 0.05) is 27.9 Å². The highest BCUT2D eigenvalue weighted by Crippen LogP contribution is 2.45. The molecule has 1 N–H and O–H groups in total. The zero-order valence-corrected chi connectivity index (χ0v) is 21.9. The highest BCUT2D eigenvalue weighted by molar-refractivity contribution is 7.97. The van der Waals surface area contributed by atoms with Gasteiger partial charge in [-0.2, -0.15) is 0 Å². The molecular formula is C26H31Cl2FN2O2S. The predicted octanol–water partition coefficient (Wildman–Crippen LogP) is 7.26. The molecule has 1 aliphatic heterocycles. The Balaban J connectivity index is 1.35. The molecule has 2 aromatic rings. The molecule has 4 nitrogen and oxygen atoms in total. The van der Waals surface area contributed by atoms with Crippen molar-refractivity contribution < 1.29 is 13.9 Å². The maximum atomic E-state index is 14.7. The highest BCUT2D eigenvalue weighted by Gasteiger charge is 2.30. The summed E-state index contributed by atoms with van der Waals surface area (Å²) < 4.78 is 23.6. The van der Waals surface area contributed by atoms with E-state index in [1.54, 1.807) is 12.1 Å². The van der Waals surface area contributed by atoms with Crippen LogP contribution in [0.2, 0.25) is 10.0 Å². The number of ether oxygens (including phenoxy) is 1. The van der Waals surface area contributed by atoms with Gasteiger partial charge in [-0.3, -0.25) is 14.4 Å². The Bertz CT molecular complexity index is 1010. The highest BCUT2D eigenvalue weighted by atomic mass is 35.5. The van der Waals surface area contributed by atoms with Gasteiger partial charge in [-0.15, -0.1) is 0 Å². The molecule has 2 fully saturated rings. The van der Waals surface area contributed by atoms with E-state index in [4.69, 9.17) is 27.9 Å². The molecule has 1 saturated carbocycles. The van der Waals surface area contributed by atoms with Crippen LogP contribution in [0.15, 0.2) is 30.3 Å². The Hall–Kier alpha value is -1.47. The maximum absolute atomic E-state index is 14.7. The van der Waals surface area contributed by atoms with E-state index >= 15 is 0 Å². The molecule has 2 aromatic carbocycles. The fraction of sp³-hybridized carbons (Fsp3) is 0.500. The number of benzene rings is 2. The van der Waals surface area contributed by atoms with Gasteiger partial charge in [-0.05, 0) is 92.9 Å². The second-order valence-electron chi connectivity index (χ2n) is 9.18. The molecule has 184 valence electrons. The third-order valence-corrected chi connectivity index (χ3v) is 7.76. The number of amides is 1. The van der Waals surface area contributed by atoms with Gasteiger partial charge in [0.25, 0.3) is 5.91 Å². The van der Waals surface area contributed by atoms with Gasteiger partial charge in [0.2, 0.25) is 0 Å². The summed E-state index contributed by atoms with van der Waals surface area (Å²) in [5.41, 5.74) is 2.17. The van der Waals surface area contributed by atoms with E-state index in [0.717, 1.165) is 55.7 Å². The molecule has 1 atom stereocenters. The molecular weight excluding hydrogens is 494 g/mol. The molecule has 34 heavy (non-hydrogen) atoms. The number of carbonyl (C=O) groups excluding carboxylic acids is 1. The van der Waals surface area contributed by atoms with Gasteiger partial charge < -0.3 is 4.74 Å². The molecule has 4 rings (SSSR count). The first-order valence-corrected chi connectivity index (χ1v) is 13.7. The van der Waals surface area contributed by atoms with Crippen LogP contribution in [0.5, 0.6) is 5.75 Å². The van der Waals surface area contributed by atoms with Gasteiger partial charge in [0.15, 0.2) is 0 Å². The Morgan fingerprint density at radius 2 is 1.82 bits per heavy atom. The van der Waals surface area contributed by atoms with Crippen LogP contribution in [-0.2, 0) is 0 Å². The standard InChI is InChI=1S/C26H31Cl2FN2O2S/c1-3-34-30-26(32)23-13-22(18-4-5-18)25(14-24(23)29)33-15-17-6-8-31(9-7-17)16(2)19-10-20(27)12-21(28)11-19/h10-14,16-18H,3-9,15H2,1-2H3,(H,30,32). The summed E-state index contributed by atoms with van der Waals surface area (Å²) in [7, 11) is 0. The van der Waals surface area contributed by atoms with Gasteiger partial charge in [0.05, 0.1) is 12.2 Å². The smallest absolute Gasteiger partial charge is 0.264 e. The van der Waals surface area contributed by atoms with Crippen molar-refractivity contribution in [3.05, 3.63) is 62.9 Å². The molecule has 8 heteroatoms. The van der Waals surface area contributed by atoms with Gasteiger partial charge in [0.1, 0.15) is 11.6 Å². The first kappa shape index (κ1) is 25.6. The molecule has 1 unspecified atom stereocenters. The molecule has 1 aliphatic carbocycles. The summed E-state index contributed by atoms with van der Waals surface area (Å²) in [6.45, 7) is 6.59. The molecule has 2 aliphatic rings. The van der Waals surface area contributed by atoms with Crippen LogP contribution >= 0.6 is 35.1 Å². The molecule has 0 radical (unpaired) electrons. The normalized spacial score (nSPS) is 18.0. The van der Waals surface area contributed by atoms with E-state index in [0.29, 0.717) is 34.2 Å². The van der Waals surface area contributed by atoms with Gasteiger partial charge >= 0.3 is 0 Å². The van der Waals surface area contributed by atoms with Crippen LogP contribution < -0.4 is 9.46 Å². The lowest BCUT2D eigenvalue weighted by Gasteiger charge is -2.36. The summed E-state index contributed by atoms with van der Waals surface area (Å²) in [6.07, 6.45) is 4.12. The molecule has 0 spiro atoms. The number of carbonyl (C=O) groups is 1. The summed E-state index contributed by atoms with van der Waals surface area (Å²) in [5.74, 6) is 1.16. The van der Waals surface area contributed by atoms with Crippen LogP contribution in [0.1, 0.15) is 73.0 Å². The van der Waals surface area contributed by atoms with E-state index in [1.807, 2.05) is 19.1 Å². The minimum Gasteiger partial charge on any atom is -0.493 e. The lowest BCUT2D eigenvalue weighted by atomic mass is 9.95. The van der Waals surface area contributed by atoms with Gasteiger partial charge in [-0.25, -0.2) is 4.39 Å². The predicted molar refractivity (Wildman–Crippen MR) is 139 cm³/mol. The fourth-order valence-corrected chi connectivity index (χ4v) is 5.45. The number of nitrogens with zero attached hydrogens (tertiary/aromatic N) is 1. The SMILES string of the molecule is CCSNC(=O)c1cc(C2CC2)c(OCC2CCN(C(C)c3cc(Cl)cc(Cl)c3)CC2)cc1F. The lowest BCUT2D eigenvalue weighted by Crippen LogP contribution is -2.37. The first-order chi connectivity index (χ1) is 16.4. The monoisotopic (exact) mass is 524 g/mol. The number of rotatable bonds is 9. The van der Waals surface area contributed by atoms with Crippen LogP contribution in [-0.4, -0.2) is 36.3 Å². The van der Waals surface area contributed by atoms with E-state index in [-0.39, 0.29) is 17.5 Å². The second kappa shape index (κ2) is 11.5. The van der Waals surface area contributed by atoms with E-state index in [1.165, 1.54) is 18.0 Å². The molecule has 1 amide bonds. The molecule has 0 aromatic heterocycles. The minimum atomic E-state index is -0.530. The van der Waals surface area contributed by atoms with E-state index in [9.17, 15) is 9.18 Å². The number of piperidine rings is 1. The Kier molecular flexibility index (Phi) is 8.67. The summed E-state index contributed by atoms with van der Waals surface area (Å²) in [4.78, 5) is 14.8. The van der Waals surface area contributed by atoms with E-state index < -0.39 is 5.82 Å². The second-order valence-corrected chi connectivity index (χ2v) is 11.1. The number of likely N-dealkylation sites (tertiary alicyclic amines) is 1. The molecule has 1 heterocycles. The van der Waals surface area contributed by atoms with Crippen molar-refractivity contribution in [3.8, 4) is 5.75 Å². The Labute approximate surface area is 215 Å². The average molecular weight is 526 g/mol. The summed E-state index contributed by atoms with van der Waals surface area (Å²) in [6, 6.07) is 9.04. The van der Waals surface area contributed by atoms with Crippen LogP contribution in [0, 0.1) is 11.7 Å². The largest absolute Gasteiger partial charge is 0.493 e. The average Bonchev–Trinajstić information content (AvgIpc) is 3.66. The van der Waals surface area contributed by atoms with Gasteiger partial charge in [-0.1, -0.05) is 42.1 Å². The number of nitrogens with one attached hydrogen (secondary N) is 1. The number of hydrogen-bond acceptors (Lipinski definition) is 4. The van der Waals surface area contributed by atoms with Crippen LogP contribution in [0.25, 0.3) is 0 Å².